The van der Waals surface area contributed by atoms with E-state index in [0.29, 0.717) is 33.8 Å². The zero-order valence-corrected chi connectivity index (χ0v) is 22.7. The molecule has 0 saturated heterocycles. The Hall–Kier alpha value is -5.04. The highest BCUT2D eigenvalue weighted by atomic mass is 19.1. The van der Waals surface area contributed by atoms with Gasteiger partial charge in [-0.15, -0.1) is 0 Å². The molecular formula is C33H28FN3O3. The van der Waals surface area contributed by atoms with Gasteiger partial charge in [0.05, 0.1) is 11.3 Å². The van der Waals surface area contributed by atoms with Gasteiger partial charge in [0.2, 0.25) is 5.88 Å². The van der Waals surface area contributed by atoms with Crippen molar-refractivity contribution in [3.05, 3.63) is 119 Å². The van der Waals surface area contributed by atoms with E-state index in [0.717, 1.165) is 16.7 Å². The van der Waals surface area contributed by atoms with Crippen LogP contribution >= 0.6 is 0 Å². The number of aromatic nitrogens is 2. The fourth-order valence-corrected chi connectivity index (χ4v) is 4.57. The summed E-state index contributed by atoms with van der Waals surface area (Å²) in [5.41, 5.74) is 6.50. The summed E-state index contributed by atoms with van der Waals surface area (Å²) in [7, 11) is 0. The molecule has 1 amide bonds. The van der Waals surface area contributed by atoms with E-state index in [1.807, 2.05) is 57.2 Å². The maximum Gasteiger partial charge on any atom is 0.309 e. The lowest BCUT2D eigenvalue weighted by Gasteiger charge is -2.13. The number of rotatable bonds is 6. The van der Waals surface area contributed by atoms with Crippen LogP contribution in [0.4, 0.5) is 10.1 Å². The standard InChI is InChI=1S/C33H28FN3O3/c1-20-9-7-11-25(19-20)32(39)35-26-17-15-24(16-18-26)30-31(27-12-5-6-13-28(27)34)36-37(33(30)40-23(4)38)29-14-8-10-21(2)22(29)3/h5-19H,1-4H3,(H,35,39). The first kappa shape index (κ1) is 26.6. The molecule has 0 unspecified atom stereocenters. The monoisotopic (exact) mass is 533 g/mol. The van der Waals surface area contributed by atoms with Crippen molar-refractivity contribution in [1.29, 1.82) is 0 Å². The van der Waals surface area contributed by atoms with Crippen molar-refractivity contribution in [2.24, 2.45) is 0 Å². The van der Waals surface area contributed by atoms with Crippen LogP contribution in [0.5, 0.6) is 5.88 Å². The molecule has 1 heterocycles. The minimum Gasteiger partial charge on any atom is -0.407 e. The molecule has 1 N–H and O–H groups in total. The summed E-state index contributed by atoms with van der Waals surface area (Å²) < 4.78 is 22.4. The number of nitrogens with one attached hydrogen (secondary N) is 1. The Morgan fingerprint density at radius 1 is 0.875 bits per heavy atom. The summed E-state index contributed by atoms with van der Waals surface area (Å²) in [4.78, 5) is 25.1. The van der Waals surface area contributed by atoms with Crippen molar-refractivity contribution in [3.63, 3.8) is 0 Å². The normalized spacial score (nSPS) is 10.8. The average molecular weight is 534 g/mol. The number of aryl methyl sites for hydroxylation is 2. The predicted octanol–water partition coefficient (Wildman–Crippen LogP) is 7.45. The van der Waals surface area contributed by atoms with Gasteiger partial charge in [0.1, 0.15) is 11.5 Å². The van der Waals surface area contributed by atoms with Crippen molar-refractivity contribution in [3.8, 4) is 34.0 Å². The van der Waals surface area contributed by atoms with Gasteiger partial charge in [-0.1, -0.05) is 54.1 Å². The summed E-state index contributed by atoms with van der Waals surface area (Å²) >= 11 is 0. The molecule has 40 heavy (non-hydrogen) atoms. The first-order chi connectivity index (χ1) is 19.2. The van der Waals surface area contributed by atoms with Crippen molar-refractivity contribution in [2.45, 2.75) is 27.7 Å². The minimum absolute atomic E-state index is 0.177. The van der Waals surface area contributed by atoms with Gasteiger partial charge in [-0.3, -0.25) is 9.59 Å². The number of ether oxygens (including phenoxy) is 1. The van der Waals surface area contributed by atoms with Crippen LogP contribution in [0, 0.1) is 26.6 Å². The molecule has 5 aromatic rings. The molecule has 0 aliphatic heterocycles. The maximum atomic E-state index is 15.1. The Bertz CT molecular complexity index is 1740. The van der Waals surface area contributed by atoms with E-state index in [2.05, 4.69) is 5.32 Å². The van der Waals surface area contributed by atoms with Crippen LogP contribution in [-0.2, 0) is 4.79 Å². The van der Waals surface area contributed by atoms with E-state index in [4.69, 9.17) is 9.84 Å². The number of nitrogens with zero attached hydrogens (tertiary/aromatic N) is 2. The highest BCUT2D eigenvalue weighted by molar-refractivity contribution is 6.04. The van der Waals surface area contributed by atoms with E-state index >= 15 is 4.39 Å². The molecule has 0 atom stereocenters. The van der Waals surface area contributed by atoms with Crippen LogP contribution in [0.15, 0.2) is 91.0 Å². The number of halogens is 1. The van der Waals surface area contributed by atoms with Crippen LogP contribution < -0.4 is 10.1 Å². The summed E-state index contributed by atoms with van der Waals surface area (Å²) in [6.45, 7) is 7.18. The lowest BCUT2D eigenvalue weighted by molar-refractivity contribution is -0.132. The molecule has 1 aromatic heterocycles. The van der Waals surface area contributed by atoms with E-state index < -0.39 is 11.8 Å². The van der Waals surface area contributed by atoms with Crippen molar-refractivity contribution >= 4 is 17.6 Å². The van der Waals surface area contributed by atoms with Gasteiger partial charge in [0.25, 0.3) is 5.91 Å². The Morgan fingerprint density at radius 3 is 2.30 bits per heavy atom. The molecular weight excluding hydrogens is 505 g/mol. The third-order valence-corrected chi connectivity index (χ3v) is 6.73. The van der Waals surface area contributed by atoms with E-state index in [1.165, 1.54) is 13.0 Å². The maximum absolute atomic E-state index is 15.1. The Balaban J connectivity index is 1.65. The van der Waals surface area contributed by atoms with Gasteiger partial charge >= 0.3 is 5.97 Å². The van der Waals surface area contributed by atoms with Crippen molar-refractivity contribution in [2.75, 3.05) is 5.32 Å². The fraction of sp³-hybridized carbons (Fsp3) is 0.121. The van der Waals surface area contributed by atoms with Crippen molar-refractivity contribution < 1.29 is 18.7 Å². The summed E-state index contributed by atoms with van der Waals surface area (Å²) in [6.07, 6.45) is 0. The molecule has 7 heteroatoms. The fourth-order valence-electron chi connectivity index (χ4n) is 4.57. The molecule has 0 bridgehead atoms. The summed E-state index contributed by atoms with van der Waals surface area (Å²) in [5, 5.41) is 7.70. The second-order valence-corrected chi connectivity index (χ2v) is 9.63. The van der Waals surface area contributed by atoms with Gasteiger partial charge in [0, 0.05) is 23.7 Å². The van der Waals surface area contributed by atoms with Crippen LogP contribution in [0.25, 0.3) is 28.1 Å². The molecule has 0 radical (unpaired) electrons. The van der Waals surface area contributed by atoms with Crippen molar-refractivity contribution in [1.82, 2.24) is 9.78 Å². The van der Waals surface area contributed by atoms with Crippen LogP contribution in [0.1, 0.15) is 34.0 Å². The molecule has 5 rings (SSSR count). The van der Waals surface area contributed by atoms with Gasteiger partial charge in [0.15, 0.2) is 0 Å². The molecule has 4 aromatic carbocycles. The quantitative estimate of drug-likeness (QED) is 0.230. The van der Waals surface area contributed by atoms with E-state index in [1.54, 1.807) is 53.2 Å². The van der Waals surface area contributed by atoms with Crippen LogP contribution in [0.2, 0.25) is 0 Å². The van der Waals surface area contributed by atoms with Gasteiger partial charge in [-0.05, 0) is 79.9 Å². The highest BCUT2D eigenvalue weighted by Crippen LogP contribution is 2.42. The summed E-state index contributed by atoms with van der Waals surface area (Å²) in [6, 6.07) is 26.5. The number of carbonyl (C=O) groups excluding carboxylic acids is 2. The van der Waals surface area contributed by atoms with Crippen LogP contribution in [0.3, 0.4) is 0 Å². The van der Waals surface area contributed by atoms with Gasteiger partial charge < -0.3 is 10.1 Å². The smallest absolute Gasteiger partial charge is 0.309 e. The molecule has 6 nitrogen and oxygen atoms in total. The Labute approximate surface area is 232 Å². The number of benzene rings is 4. The predicted molar refractivity (Wildman–Crippen MR) is 154 cm³/mol. The molecule has 0 fully saturated rings. The number of esters is 1. The minimum atomic E-state index is -0.533. The van der Waals surface area contributed by atoms with E-state index in [9.17, 15) is 9.59 Å². The number of hydrogen-bond acceptors (Lipinski definition) is 4. The third-order valence-electron chi connectivity index (χ3n) is 6.73. The highest BCUT2D eigenvalue weighted by Gasteiger charge is 2.26. The first-order valence-electron chi connectivity index (χ1n) is 12.8. The molecule has 0 saturated carbocycles. The molecule has 0 aliphatic rings. The number of amides is 1. The second kappa shape index (κ2) is 11.0. The van der Waals surface area contributed by atoms with E-state index in [-0.39, 0.29) is 17.4 Å². The lowest BCUT2D eigenvalue weighted by atomic mass is 10.0. The zero-order chi connectivity index (χ0) is 28.4. The van der Waals surface area contributed by atoms with Gasteiger partial charge in [-0.25, -0.2) is 4.39 Å². The number of anilines is 1. The molecule has 0 aliphatic carbocycles. The molecule has 200 valence electrons. The Morgan fingerprint density at radius 2 is 1.60 bits per heavy atom. The zero-order valence-electron chi connectivity index (χ0n) is 22.7. The third kappa shape index (κ3) is 5.27. The number of hydrogen-bond donors (Lipinski definition) is 1. The average Bonchev–Trinajstić information content (AvgIpc) is 3.28. The SMILES string of the molecule is CC(=O)Oc1c(-c2ccc(NC(=O)c3cccc(C)c3)cc2)c(-c2ccccc2F)nn1-c1cccc(C)c1C. The first-order valence-corrected chi connectivity index (χ1v) is 12.8. The van der Waals surface area contributed by atoms with Gasteiger partial charge in [-0.2, -0.15) is 9.78 Å². The summed E-state index contributed by atoms with van der Waals surface area (Å²) in [5.74, 6) is -1.04. The largest absolute Gasteiger partial charge is 0.407 e. The number of carbonyl (C=O) groups is 2. The Kier molecular flexibility index (Phi) is 7.29. The molecule has 0 spiro atoms. The lowest BCUT2D eigenvalue weighted by Crippen LogP contribution is -2.11. The topological polar surface area (TPSA) is 73.2 Å². The van der Waals surface area contributed by atoms with Crippen LogP contribution in [-0.4, -0.2) is 21.7 Å². The second-order valence-electron chi connectivity index (χ2n) is 9.63.